The lowest BCUT2D eigenvalue weighted by Gasteiger charge is -2.01. The lowest BCUT2D eigenvalue weighted by molar-refractivity contribution is 0.875. The molecular formula is C7H10ClNS. The third-order valence-corrected chi connectivity index (χ3v) is 2.70. The molecule has 1 nitrogen and oxygen atoms in total. The van der Waals surface area contributed by atoms with Crippen molar-refractivity contribution in [1.82, 2.24) is 0 Å². The predicted octanol–water partition coefficient (Wildman–Crippen LogP) is 3.11. The van der Waals surface area contributed by atoms with Crippen molar-refractivity contribution in [3.8, 4) is 0 Å². The molecule has 0 aliphatic heterocycles. The molecule has 0 aliphatic carbocycles. The van der Waals surface area contributed by atoms with Gasteiger partial charge in [-0.3, -0.25) is 0 Å². The van der Waals surface area contributed by atoms with Crippen LogP contribution in [0.2, 0.25) is 4.34 Å². The van der Waals surface area contributed by atoms with Gasteiger partial charge in [-0.15, -0.1) is 11.3 Å². The van der Waals surface area contributed by atoms with Crippen LogP contribution in [-0.2, 0) is 0 Å². The normalized spacial score (nSPS) is 10.8. The van der Waals surface area contributed by atoms with Crippen LogP contribution in [0.3, 0.4) is 0 Å². The van der Waals surface area contributed by atoms with Gasteiger partial charge in [0, 0.05) is 0 Å². The number of nitrogens with two attached hydrogens (primary N) is 1. The Balaban J connectivity index is 3.05. The topological polar surface area (TPSA) is 26.0 Å². The largest absolute Gasteiger partial charge is 0.397 e. The molecule has 1 rings (SSSR count). The number of nitrogen functional groups attached to an aromatic ring is 1. The Kier molecular flexibility index (Phi) is 2.21. The number of halogens is 1. The van der Waals surface area contributed by atoms with Gasteiger partial charge < -0.3 is 5.73 Å². The van der Waals surface area contributed by atoms with Gasteiger partial charge in [0.2, 0.25) is 0 Å². The van der Waals surface area contributed by atoms with Crippen LogP contribution < -0.4 is 5.73 Å². The molecular weight excluding hydrogens is 166 g/mol. The van der Waals surface area contributed by atoms with E-state index in [0.29, 0.717) is 10.3 Å². The monoisotopic (exact) mass is 175 g/mol. The van der Waals surface area contributed by atoms with Gasteiger partial charge in [-0.05, 0) is 16.9 Å². The molecule has 0 saturated carbocycles. The molecule has 3 heteroatoms. The zero-order valence-corrected chi connectivity index (χ0v) is 7.59. The third kappa shape index (κ3) is 1.27. The van der Waals surface area contributed by atoms with E-state index in [1.54, 1.807) is 0 Å². The summed E-state index contributed by atoms with van der Waals surface area (Å²) in [6.45, 7) is 4.21. The van der Waals surface area contributed by atoms with E-state index in [1.807, 2.05) is 5.38 Å². The summed E-state index contributed by atoms with van der Waals surface area (Å²) in [5.41, 5.74) is 7.60. The second-order valence-corrected chi connectivity index (χ2v) is 4.01. The van der Waals surface area contributed by atoms with E-state index in [-0.39, 0.29) is 0 Å². The van der Waals surface area contributed by atoms with Crippen molar-refractivity contribution in [3.63, 3.8) is 0 Å². The predicted molar refractivity (Wildman–Crippen MR) is 47.8 cm³/mol. The van der Waals surface area contributed by atoms with E-state index in [1.165, 1.54) is 11.3 Å². The highest BCUT2D eigenvalue weighted by atomic mass is 35.5. The molecule has 0 saturated heterocycles. The molecule has 1 aromatic heterocycles. The van der Waals surface area contributed by atoms with E-state index >= 15 is 0 Å². The molecule has 0 aromatic carbocycles. The Morgan fingerprint density at radius 3 is 2.40 bits per heavy atom. The first-order chi connectivity index (χ1) is 4.63. The number of anilines is 1. The highest BCUT2D eigenvalue weighted by molar-refractivity contribution is 7.15. The van der Waals surface area contributed by atoms with Crippen LogP contribution in [0.4, 0.5) is 5.69 Å². The molecule has 0 bridgehead atoms. The second kappa shape index (κ2) is 2.81. The Morgan fingerprint density at radius 1 is 1.60 bits per heavy atom. The summed E-state index contributed by atoms with van der Waals surface area (Å²) in [5, 5.41) is 2.02. The summed E-state index contributed by atoms with van der Waals surface area (Å²) in [7, 11) is 0. The summed E-state index contributed by atoms with van der Waals surface area (Å²) in [5.74, 6) is 0.476. The molecule has 0 radical (unpaired) electrons. The summed E-state index contributed by atoms with van der Waals surface area (Å²) >= 11 is 7.27. The smallest absolute Gasteiger partial charge is 0.116 e. The lowest BCUT2D eigenvalue weighted by Crippen LogP contribution is -1.91. The molecule has 2 N–H and O–H groups in total. The summed E-state index contributed by atoms with van der Waals surface area (Å²) in [6, 6.07) is 0. The van der Waals surface area contributed by atoms with Crippen molar-refractivity contribution in [3.05, 3.63) is 15.3 Å². The van der Waals surface area contributed by atoms with Crippen LogP contribution in [0, 0.1) is 0 Å². The van der Waals surface area contributed by atoms with Gasteiger partial charge in [0.15, 0.2) is 0 Å². The summed E-state index contributed by atoms with van der Waals surface area (Å²) < 4.78 is 0.712. The number of rotatable bonds is 1. The first-order valence-corrected chi connectivity index (χ1v) is 4.41. The van der Waals surface area contributed by atoms with E-state index in [4.69, 9.17) is 17.3 Å². The van der Waals surface area contributed by atoms with Crippen molar-refractivity contribution in [2.45, 2.75) is 19.8 Å². The fourth-order valence-electron chi connectivity index (χ4n) is 0.803. The van der Waals surface area contributed by atoms with Crippen LogP contribution in [-0.4, -0.2) is 0 Å². The van der Waals surface area contributed by atoms with Crippen LogP contribution in [0.1, 0.15) is 25.3 Å². The van der Waals surface area contributed by atoms with Crippen LogP contribution >= 0.6 is 22.9 Å². The van der Waals surface area contributed by atoms with Crippen molar-refractivity contribution in [2.24, 2.45) is 0 Å². The maximum absolute atomic E-state index is 5.77. The van der Waals surface area contributed by atoms with Gasteiger partial charge in [-0.25, -0.2) is 0 Å². The average Bonchev–Trinajstić information content (AvgIpc) is 2.14. The first kappa shape index (κ1) is 7.89. The Bertz CT molecular complexity index is 230. The SMILES string of the molecule is CC(C)c1csc(Cl)c1N. The second-order valence-electron chi connectivity index (χ2n) is 2.53. The highest BCUT2D eigenvalue weighted by Crippen LogP contribution is 2.34. The number of thiophene rings is 1. The maximum atomic E-state index is 5.77. The van der Waals surface area contributed by atoms with Gasteiger partial charge in [0.05, 0.1) is 5.69 Å². The van der Waals surface area contributed by atoms with Gasteiger partial charge in [-0.1, -0.05) is 25.4 Å². The van der Waals surface area contributed by atoms with E-state index in [0.717, 1.165) is 11.3 Å². The van der Waals surface area contributed by atoms with Crippen LogP contribution in [0.5, 0.6) is 0 Å². The third-order valence-electron chi connectivity index (χ3n) is 1.43. The van der Waals surface area contributed by atoms with E-state index in [2.05, 4.69) is 13.8 Å². The Labute approximate surface area is 69.8 Å². The van der Waals surface area contributed by atoms with Crippen molar-refractivity contribution >= 4 is 28.6 Å². The van der Waals surface area contributed by atoms with Gasteiger partial charge in [-0.2, -0.15) is 0 Å². The molecule has 0 spiro atoms. The van der Waals surface area contributed by atoms with Gasteiger partial charge in [0.1, 0.15) is 4.34 Å². The molecule has 1 heterocycles. The first-order valence-electron chi connectivity index (χ1n) is 3.15. The fraction of sp³-hybridized carbons (Fsp3) is 0.429. The zero-order valence-electron chi connectivity index (χ0n) is 6.02. The molecule has 0 unspecified atom stereocenters. The van der Waals surface area contributed by atoms with Crippen LogP contribution in [0.25, 0.3) is 0 Å². The number of hydrogen-bond acceptors (Lipinski definition) is 2. The standard InChI is InChI=1S/C7H10ClNS/c1-4(2)5-3-10-7(8)6(5)9/h3-4H,9H2,1-2H3. The van der Waals surface area contributed by atoms with Crippen molar-refractivity contribution < 1.29 is 0 Å². The average molecular weight is 176 g/mol. The molecule has 0 aliphatic rings. The molecule has 56 valence electrons. The lowest BCUT2D eigenvalue weighted by atomic mass is 10.1. The summed E-state index contributed by atoms with van der Waals surface area (Å²) in [6.07, 6.45) is 0. The minimum atomic E-state index is 0.476. The minimum Gasteiger partial charge on any atom is -0.397 e. The molecule has 1 aromatic rings. The molecule has 0 amide bonds. The number of hydrogen-bond donors (Lipinski definition) is 1. The molecule has 0 fully saturated rings. The fourth-order valence-corrected chi connectivity index (χ4v) is 1.92. The summed E-state index contributed by atoms with van der Waals surface area (Å²) in [4.78, 5) is 0. The Hall–Kier alpha value is -0.210. The molecule has 0 atom stereocenters. The van der Waals surface area contributed by atoms with E-state index < -0.39 is 0 Å². The van der Waals surface area contributed by atoms with Gasteiger partial charge in [0.25, 0.3) is 0 Å². The maximum Gasteiger partial charge on any atom is 0.116 e. The quantitative estimate of drug-likeness (QED) is 0.698. The van der Waals surface area contributed by atoms with E-state index in [9.17, 15) is 0 Å². The Morgan fingerprint density at radius 2 is 2.20 bits per heavy atom. The zero-order chi connectivity index (χ0) is 7.72. The van der Waals surface area contributed by atoms with Gasteiger partial charge >= 0.3 is 0 Å². The highest BCUT2D eigenvalue weighted by Gasteiger charge is 2.08. The van der Waals surface area contributed by atoms with Crippen molar-refractivity contribution in [2.75, 3.05) is 5.73 Å². The van der Waals surface area contributed by atoms with Crippen molar-refractivity contribution in [1.29, 1.82) is 0 Å². The minimum absolute atomic E-state index is 0.476. The van der Waals surface area contributed by atoms with Crippen LogP contribution in [0.15, 0.2) is 5.38 Å². The molecule has 10 heavy (non-hydrogen) atoms.